The summed E-state index contributed by atoms with van der Waals surface area (Å²) < 4.78 is 31.7. The molecule has 0 saturated heterocycles. The highest BCUT2D eigenvalue weighted by Crippen LogP contribution is 2.16. The van der Waals surface area contributed by atoms with Gasteiger partial charge < -0.3 is 28.4 Å². The lowest BCUT2D eigenvalue weighted by molar-refractivity contribution is -0.158. The summed E-state index contributed by atoms with van der Waals surface area (Å²) in [6.45, 7) is 14.0. The maximum atomic E-state index is 12.6. The fourth-order valence-electron chi connectivity index (χ4n) is 4.88. The summed E-state index contributed by atoms with van der Waals surface area (Å²) in [7, 11) is 0. The van der Waals surface area contributed by atoms with E-state index in [-0.39, 0.29) is 32.8 Å². The first-order chi connectivity index (χ1) is 26.5. The molecule has 0 fully saturated rings. The predicted molar refractivity (Wildman–Crippen MR) is 210 cm³/mol. The summed E-state index contributed by atoms with van der Waals surface area (Å²) in [5.41, 5.74) is 6.83. The van der Waals surface area contributed by atoms with Crippen molar-refractivity contribution in [2.45, 2.75) is 59.2 Å². The largest absolute Gasteiger partial charge is 0.490 e. The molecule has 0 amide bonds. The lowest BCUT2D eigenvalue weighted by Crippen LogP contribution is -2.31. The molecule has 0 N–H and O–H groups in total. The van der Waals surface area contributed by atoms with Gasteiger partial charge in [-0.2, -0.15) is 0 Å². The molecule has 4 aromatic carbocycles. The predicted octanol–water partition coefficient (Wildman–Crippen LogP) is 7.45. The normalized spacial score (nSPS) is 11.3. The molecule has 290 valence electrons. The van der Waals surface area contributed by atoms with Gasteiger partial charge in [0.2, 0.25) is 0 Å². The first-order valence-corrected chi connectivity index (χ1v) is 18.0. The number of hydrogen-bond donors (Lipinski definition) is 0. The Morgan fingerprint density at radius 1 is 0.564 bits per heavy atom. The molecule has 55 heavy (non-hydrogen) atoms. The topological polar surface area (TPSA) is 124 Å². The summed E-state index contributed by atoms with van der Waals surface area (Å²) in [5.74, 6) is -0.731. The molecule has 10 nitrogen and oxygen atoms in total. The molecule has 0 heterocycles. The number of esters is 4. The molecule has 4 rings (SSSR count). The van der Waals surface area contributed by atoms with Gasteiger partial charge in [0.25, 0.3) is 0 Å². The summed E-state index contributed by atoms with van der Waals surface area (Å²) in [4.78, 5) is 46.0. The van der Waals surface area contributed by atoms with Crippen LogP contribution in [0.1, 0.15) is 47.2 Å². The average molecular weight is 751 g/mol. The van der Waals surface area contributed by atoms with Crippen molar-refractivity contribution in [3.8, 4) is 11.5 Å². The molecule has 10 heteroatoms. The molecule has 0 bridgehead atoms. The van der Waals surface area contributed by atoms with Crippen LogP contribution in [0.3, 0.4) is 0 Å². The molecular formula is C45H50O10. The van der Waals surface area contributed by atoms with Crippen molar-refractivity contribution in [3.05, 3.63) is 156 Å². The van der Waals surface area contributed by atoms with Gasteiger partial charge in [0.15, 0.2) is 12.2 Å². The molecule has 2 atom stereocenters. The maximum absolute atomic E-state index is 12.6. The van der Waals surface area contributed by atoms with Gasteiger partial charge in [-0.25, -0.2) is 9.59 Å². The number of aryl methyl sites for hydroxylation is 3. The van der Waals surface area contributed by atoms with Crippen LogP contribution in [0.5, 0.6) is 11.5 Å². The number of rotatable bonds is 19. The van der Waals surface area contributed by atoms with Gasteiger partial charge in [0.1, 0.15) is 37.9 Å². The molecule has 0 aliphatic rings. The number of benzene rings is 4. The Bertz CT molecular complexity index is 1810. The van der Waals surface area contributed by atoms with Crippen LogP contribution < -0.4 is 9.47 Å². The summed E-state index contributed by atoms with van der Waals surface area (Å²) >= 11 is 0. The SMILES string of the molecule is C=CC(=O)OCC(COc1ccc(C)cc1)OC(=O)Cc1ccc(Cc2ccc(CC)cc2)cc1.C=CC(=O)OCC(COc1ccc(C)cc1)OC(C)=O. The minimum absolute atomic E-state index is 0.0645. The second kappa shape index (κ2) is 23.5. The van der Waals surface area contributed by atoms with Gasteiger partial charge in [-0.3, -0.25) is 9.59 Å². The van der Waals surface area contributed by atoms with Crippen molar-refractivity contribution < 1.29 is 47.6 Å². The zero-order valence-corrected chi connectivity index (χ0v) is 32.0. The molecule has 0 radical (unpaired) electrons. The third-order valence-electron chi connectivity index (χ3n) is 7.91. The van der Waals surface area contributed by atoms with E-state index in [0.29, 0.717) is 11.5 Å². The number of hydrogen-bond acceptors (Lipinski definition) is 10. The van der Waals surface area contributed by atoms with Gasteiger partial charge in [0, 0.05) is 19.1 Å². The van der Waals surface area contributed by atoms with E-state index in [1.54, 1.807) is 0 Å². The fraction of sp³-hybridized carbons (Fsp3) is 0.289. The fourth-order valence-corrected chi connectivity index (χ4v) is 4.88. The van der Waals surface area contributed by atoms with Crippen molar-refractivity contribution in [3.63, 3.8) is 0 Å². The van der Waals surface area contributed by atoms with Crippen molar-refractivity contribution >= 4 is 23.9 Å². The third-order valence-corrected chi connectivity index (χ3v) is 7.91. The van der Waals surface area contributed by atoms with Crippen LogP contribution in [0.4, 0.5) is 0 Å². The van der Waals surface area contributed by atoms with Crippen LogP contribution >= 0.6 is 0 Å². The molecule has 0 aliphatic carbocycles. The molecule has 2 unspecified atom stereocenters. The van der Waals surface area contributed by atoms with E-state index >= 15 is 0 Å². The van der Waals surface area contributed by atoms with E-state index < -0.39 is 36.1 Å². The zero-order chi connectivity index (χ0) is 40.0. The smallest absolute Gasteiger partial charge is 0.330 e. The summed E-state index contributed by atoms with van der Waals surface area (Å²) in [6, 6.07) is 31.5. The summed E-state index contributed by atoms with van der Waals surface area (Å²) in [5, 5.41) is 0. The first kappa shape index (κ1) is 43.2. The van der Waals surface area contributed by atoms with Gasteiger partial charge in [-0.05, 0) is 73.2 Å². The molecule has 0 aliphatic heterocycles. The third kappa shape index (κ3) is 17.5. The maximum Gasteiger partial charge on any atom is 0.330 e. The Labute approximate surface area is 323 Å². The van der Waals surface area contributed by atoms with Crippen molar-refractivity contribution in [2.24, 2.45) is 0 Å². The number of carbonyl (C=O) groups is 4. The van der Waals surface area contributed by atoms with E-state index in [1.165, 1.54) is 23.6 Å². The van der Waals surface area contributed by atoms with Crippen LogP contribution in [-0.2, 0) is 57.4 Å². The number of ether oxygens (including phenoxy) is 6. The van der Waals surface area contributed by atoms with Crippen molar-refractivity contribution in [1.82, 2.24) is 0 Å². The van der Waals surface area contributed by atoms with E-state index in [4.69, 9.17) is 28.4 Å². The minimum Gasteiger partial charge on any atom is -0.490 e. The van der Waals surface area contributed by atoms with Crippen molar-refractivity contribution in [2.75, 3.05) is 26.4 Å². The molecule has 4 aromatic rings. The molecule has 0 spiro atoms. The van der Waals surface area contributed by atoms with Crippen molar-refractivity contribution in [1.29, 1.82) is 0 Å². The second-order valence-electron chi connectivity index (χ2n) is 12.6. The molecule has 0 saturated carbocycles. The Balaban J connectivity index is 0.000000345. The van der Waals surface area contributed by atoms with Crippen LogP contribution in [0, 0.1) is 13.8 Å². The Kier molecular flexibility index (Phi) is 18.5. The van der Waals surface area contributed by atoms with Crippen LogP contribution in [0.25, 0.3) is 0 Å². The van der Waals surface area contributed by atoms with Gasteiger partial charge in [0.05, 0.1) is 6.42 Å². The number of carbonyl (C=O) groups excluding carboxylic acids is 4. The van der Waals surface area contributed by atoms with Gasteiger partial charge in [-0.1, -0.05) is 104 Å². The summed E-state index contributed by atoms with van der Waals surface area (Å²) in [6.07, 6.45) is 2.70. The first-order valence-electron chi connectivity index (χ1n) is 18.0. The minimum atomic E-state index is -0.738. The van der Waals surface area contributed by atoms with Crippen LogP contribution in [-0.4, -0.2) is 62.5 Å². The average Bonchev–Trinajstić information content (AvgIpc) is 3.19. The highest BCUT2D eigenvalue weighted by Gasteiger charge is 2.19. The Morgan fingerprint density at radius 2 is 0.964 bits per heavy atom. The van der Waals surface area contributed by atoms with E-state index in [2.05, 4.69) is 44.3 Å². The highest BCUT2D eigenvalue weighted by molar-refractivity contribution is 5.81. The lowest BCUT2D eigenvalue weighted by Gasteiger charge is -2.18. The molecular weight excluding hydrogens is 700 g/mol. The molecule has 0 aromatic heterocycles. The van der Waals surface area contributed by atoms with Crippen LogP contribution in [0.2, 0.25) is 0 Å². The van der Waals surface area contributed by atoms with E-state index in [0.717, 1.165) is 41.7 Å². The van der Waals surface area contributed by atoms with E-state index in [9.17, 15) is 19.2 Å². The lowest BCUT2D eigenvalue weighted by atomic mass is 10.0. The van der Waals surface area contributed by atoms with Gasteiger partial charge in [-0.15, -0.1) is 0 Å². The monoisotopic (exact) mass is 750 g/mol. The zero-order valence-electron chi connectivity index (χ0n) is 32.0. The Morgan fingerprint density at radius 3 is 1.36 bits per heavy atom. The Hall–Kier alpha value is -6.16. The van der Waals surface area contributed by atoms with Crippen LogP contribution in [0.15, 0.2) is 122 Å². The highest BCUT2D eigenvalue weighted by atomic mass is 16.6. The van der Waals surface area contributed by atoms with E-state index in [1.807, 2.05) is 86.6 Å². The quantitative estimate of drug-likeness (QED) is 0.0543. The standard InChI is InChI=1S/C30H32O5.C15H18O5/c1-4-23-8-10-24(11-9-23)18-25-12-14-26(15-13-25)19-30(32)35-28(21-34-29(31)5-2)20-33-27-16-6-22(3)7-17-27;1-4-15(17)19-10-14(20-12(3)16)9-18-13-7-5-11(2)6-8-13/h5-17,28H,2,4,18-21H2,1,3H3;4-8,14H,1,9-10H2,2-3H3. The van der Waals surface area contributed by atoms with Gasteiger partial charge >= 0.3 is 23.9 Å². The second-order valence-corrected chi connectivity index (χ2v) is 12.6.